The van der Waals surface area contributed by atoms with Crippen LogP contribution >= 0.6 is 65.3 Å². The van der Waals surface area contributed by atoms with E-state index in [2.05, 4.69) is 94.2 Å². The molecule has 7 saturated carbocycles. The van der Waals surface area contributed by atoms with Gasteiger partial charge in [0.25, 0.3) is 0 Å². The molecule has 7 aliphatic rings. The highest BCUT2D eigenvalue weighted by Crippen LogP contribution is 2.34. The third kappa shape index (κ3) is 70.5. The Balaban J connectivity index is -0.000000725. The monoisotopic (exact) mass is 1990 g/mol. The number of Topliss-reactive ketones (excluding diaryl/α,β-unsaturated/α-hetero) is 2. The summed E-state index contributed by atoms with van der Waals surface area (Å²) in [6.45, 7) is 40.6. The number of nitrogens with two attached hydrogens (primary N) is 2. The highest BCUT2D eigenvalue weighted by atomic mass is 35.5. The molecule has 10 rings (SSSR count). The molecule has 7 fully saturated rings. The quantitative estimate of drug-likeness (QED) is 0.0352. The molecule has 0 heterocycles. The van der Waals surface area contributed by atoms with Crippen molar-refractivity contribution in [3.63, 3.8) is 0 Å². The summed E-state index contributed by atoms with van der Waals surface area (Å²) in [6.07, 6.45) is 24.7. The van der Waals surface area contributed by atoms with Crippen molar-refractivity contribution in [2.45, 2.75) is 403 Å². The van der Waals surface area contributed by atoms with Crippen LogP contribution in [-0.4, -0.2) is 148 Å². The number of nitrogens with one attached hydrogen (secondary N) is 6. The van der Waals surface area contributed by atoms with Crippen molar-refractivity contribution in [3.05, 3.63) is 108 Å². The maximum Gasteiger partial charge on any atom is 0.425 e. The average molecular weight is 2000 g/mol. The molecule has 0 aliphatic heterocycles. The summed E-state index contributed by atoms with van der Waals surface area (Å²) in [5.74, 6) is 5.04. The van der Waals surface area contributed by atoms with Gasteiger partial charge in [-0.25, -0.2) is 33.6 Å². The number of rotatable bonds is 25. The smallest absolute Gasteiger partial charge is 0.425 e. The molecule has 0 aromatic heterocycles. The number of carbonyl (C=O) groups is 9. The normalized spacial score (nSPS) is 21.8. The minimum absolute atomic E-state index is 0. The zero-order valence-electron chi connectivity index (χ0n) is 83.5. The number of aliphatic hydroxyl groups excluding tert-OH is 1. The van der Waals surface area contributed by atoms with Crippen LogP contribution in [0, 0.1) is 59.2 Å². The van der Waals surface area contributed by atoms with Crippen LogP contribution in [0.2, 0.25) is 0 Å². The lowest BCUT2D eigenvalue weighted by molar-refractivity contribution is -0.139. The summed E-state index contributed by atoms with van der Waals surface area (Å²) in [4.78, 5) is 106. The average Bonchev–Trinajstić information content (AvgIpc) is 1.81. The maximum absolute atomic E-state index is 12.7. The summed E-state index contributed by atoms with van der Waals surface area (Å²) >= 11 is 0. The van der Waals surface area contributed by atoms with Gasteiger partial charge in [0.05, 0.1) is 18.2 Å². The fourth-order valence-corrected chi connectivity index (χ4v) is 16.2. The largest absolute Gasteiger partial charge is 0.480 e. The molecule has 768 valence electrons. The van der Waals surface area contributed by atoms with Crippen molar-refractivity contribution in [1.82, 2.24) is 31.9 Å². The van der Waals surface area contributed by atoms with E-state index in [1.807, 2.05) is 167 Å². The molecule has 3 aromatic rings. The van der Waals surface area contributed by atoms with Crippen LogP contribution in [0.1, 0.15) is 329 Å². The number of hydrogen-bond acceptors (Lipinski definition) is 21. The highest BCUT2D eigenvalue weighted by molar-refractivity contribution is 7.59. The lowest BCUT2D eigenvalue weighted by atomic mass is 9.92. The number of aliphatic carboxylic acids is 1. The predicted molar refractivity (Wildman–Crippen MR) is 547 cm³/mol. The number of carboxylic acid groups (broad SMARTS) is 1. The van der Waals surface area contributed by atoms with E-state index in [-0.39, 0.29) is 127 Å². The van der Waals surface area contributed by atoms with Crippen LogP contribution in [0.15, 0.2) is 91.0 Å². The Morgan fingerprint density at radius 3 is 0.887 bits per heavy atom. The Bertz CT molecular complexity index is 3650. The van der Waals surface area contributed by atoms with Crippen molar-refractivity contribution in [2.24, 2.45) is 70.6 Å². The Labute approximate surface area is 832 Å². The molecule has 6 amide bonds. The zero-order valence-corrected chi connectivity index (χ0v) is 88.9. The summed E-state index contributed by atoms with van der Waals surface area (Å²) in [6, 6.07) is 28.3. The van der Waals surface area contributed by atoms with Gasteiger partial charge in [0, 0.05) is 43.1 Å². The maximum atomic E-state index is 12.7. The fourth-order valence-electron chi connectivity index (χ4n) is 16.2. The van der Waals surface area contributed by atoms with Gasteiger partial charge in [-0.1, -0.05) is 199 Å². The summed E-state index contributed by atoms with van der Waals surface area (Å²) in [5.41, 5.74) is 12.7. The molecule has 0 radical (unpaired) electrons. The van der Waals surface area contributed by atoms with Crippen LogP contribution in [0.3, 0.4) is 0 Å². The zero-order chi connectivity index (χ0) is 96.3. The second kappa shape index (κ2) is 71.6. The Kier molecular flexibility index (Phi) is 71.4. The third-order valence-corrected chi connectivity index (χ3v) is 22.4. The van der Waals surface area contributed by atoms with Gasteiger partial charge in [0.2, 0.25) is 0 Å². The number of ketones is 2. The molecular weight excluding hydrogens is 1820 g/mol. The van der Waals surface area contributed by atoms with E-state index in [4.69, 9.17) is 57.6 Å². The van der Waals surface area contributed by atoms with Gasteiger partial charge in [0.1, 0.15) is 42.7 Å². The summed E-state index contributed by atoms with van der Waals surface area (Å²) in [7, 11) is -3.11. The van der Waals surface area contributed by atoms with Gasteiger partial charge in [-0.05, 0) is 267 Å². The van der Waals surface area contributed by atoms with Gasteiger partial charge in [-0.15, -0.1) is 37.4 Å². The van der Waals surface area contributed by atoms with Crippen molar-refractivity contribution in [3.8, 4) is 0 Å². The van der Waals surface area contributed by atoms with E-state index in [1.54, 1.807) is 0 Å². The number of alkyl carbamates (subject to hydrolysis) is 6. The van der Waals surface area contributed by atoms with Crippen molar-refractivity contribution >= 4 is 130 Å². The minimum Gasteiger partial charge on any atom is -0.480 e. The number of carbonyl (C=O) groups excluding carboxylic acids is 8. The molecule has 0 spiro atoms. The van der Waals surface area contributed by atoms with Gasteiger partial charge >= 0.3 is 53.1 Å². The number of carboxylic acids is 1. The van der Waals surface area contributed by atoms with E-state index in [0.29, 0.717) is 92.3 Å². The molecule has 133 heavy (non-hydrogen) atoms. The number of aliphatic hydroxyl groups is 1. The second-order valence-corrected chi connectivity index (χ2v) is 41.1. The van der Waals surface area contributed by atoms with Gasteiger partial charge in [0.15, 0.2) is 11.6 Å². The molecule has 3 aromatic carbocycles. The van der Waals surface area contributed by atoms with E-state index in [9.17, 15) is 48.3 Å². The third-order valence-electron chi connectivity index (χ3n) is 22.4. The summed E-state index contributed by atoms with van der Waals surface area (Å²) in [5, 5.41) is 34.7. The van der Waals surface area contributed by atoms with E-state index in [0.717, 1.165) is 105 Å². The SMILES string of the molecule is CC(C)(C)OC(=O)NC1CCC(O)C1.CC(C)C[C@H](NC(=O)OCc1ccccc1)C(=O)CC1CCC(C)C1.CC(C)C[C@H](NC(=O)OCc1ccccc1)C(=O)CC1CCCC1.CC(C)C[C@H](NC(=O)OCc1ccccc1)C(=O)O.CC1CCC(N)C1.CC1CCC(N)C1.CC1CCC(NC(=O)OC(C)(C)C)C1.CC1CCC(NC(=O)OC(C)(C)C)C1.Cl.Cl.O=S(=O)=O.S.S.S. The van der Waals surface area contributed by atoms with Crippen molar-refractivity contribution < 1.29 is 94.4 Å². The molecule has 34 heteroatoms. The molecule has 12 N–H and O–H groups in total. The Morgan fingerprint density at radius 1 is 0.376 bits per heavy atom. The molecule has 15 atom stereocenters. The van der Waals surface area contributed by atoms with E-state index >= 15 is 0 Å². The fraction of sp³-hybridized carbons (Fsp3) is 0.727. The number of halogens is 2. The topological polar surface area (TPSA) is 425 Å². The Morgan fingerprint density at radius 2 is 0.647 bits per heavy atom. The molecular formula is C99H174Cl2N8O20S4. The predicted octanol–water partition coefficient (Wildman–Crippen LogP) is 20.9. The number of amides is 6. The lowest BCUT2D eigenvalue weighted by Gasteiger charge is -2.21. The van der Waals surface area contributed by atoms with Crippen LogP contribution in [0.5, 0.6) is 0 Å². The van der Waals surface area contributed by atoms with Gasteiger partial charge in [-0.3, -0.25) is 9.59 Å². The molecule has 7 aliphatic carbocycles. The molecule has 0 saturated heterocycles. The van der Waals surface area contributed by atoms with Crippen molar-refractivity contribution in [1.29, 1.82) is 0 Å². The number of hydrogen-bond donors (Lipinski definition) is 10. The first kappa shape index (κ1) is 132. The first-order valence-electron chi connectivity index (χ1n) is 47.0. The first-order valence-corrected chi connectivity index (χ1v) is 48.0. The van der Waals surface area contributed by atoms with E-state index in [1.165, 1.54) is 70.6 Å². The highest BCUT2D eigenvalue weighted by Gasteiger charge is 2.33. The standard InChI is InChI=1S/C21H31NO3.C20H29NO3.C14H19NO4.2C11H21NO2.C10H19NO3.2C6H13N.2ClH.O3S.3H2S/c1-15(2)11-19(20(23)13-18-10-9-16(3)12-18)22-21(24)25-14-17-7-5-4-6-8-17;1-15(2)12-18(19(22)13-16-8-6-7-9-16)21-20(23)24-14-17-10-4-3-5-11-17;1-10(2)8-12(13(16)17)15-14(18)19-9-11-6-4-3-5-7-11;2*1-8-5-6-9(7-8)12-10(13)14-11(2,3)4;1-10(2,3)14-9(13)11-7-4-5-8(12)6-7;2*1-5-2-3-6(7)4-5;;;1-4(2)3;;;/h4-8,15-16,18-19H,9-14H2,1-3H3,(H,22,24);3-5,10-11,15-16,18H,6-9,12-14H2,1-2H3,(H,21,23);3-7,10,12H,8-9H2,1-2H3,(H,15,18)(H,16,17);2*8-9H,5-7H2,1-4H3,(H,12,13);7-8,12H,4-6H2,1-3H3,(H,11,13);2*5-6H,2-4,7H2,1H3;2*1H;;3*1H2/t16?,18?,19-;18-;12-;;;;;;;;;;;/m000.........../s1. The van der Waals surface area contributed by atoms with Crippen LogP contribution in [0.4, 0.5) is 28.8 Å². The first-order chi connectivity index (χ1) is 59.9. The van der Waals surface area contributed by atoms with Crippen LogP contribution < -0.4 is 43.4 Å². The Hall–Kier alpha value is -6.78. The van der Waals surface area contributed by atoms with Crippen LogP contribution in [-0.2, 0) is 73.2 Å². The van der Waals surface area contributed by atoms with E-state index < -0.39 is 75.9 Å². The van der Waals surface area contributed by atoms with Crippen LogP contribution in [0.25, 0.3) is 0 Å². The van der Waals surface area contributed by atoms with Gasteiger partial charge < -0.3 is 82.0 Å². The summed E-state index contributed by atoms with van der Waals surface area (Å²) < 4.78 is 56.3. The number of ether oxygens (including phenoxy) is 6. The number of benzene rings is 3. The van der Waals surface area contributed by atoms with Crippen molar-refractivity contribution in [2.75, 3.05) is 0 Å². The second-order valence-electron chi connectivity index (χ2n) is 40.7. The molecule has 28 nitrogen and oxygen atoms in total. The molecule has 12 unspecified atom stereocenters. The molecule has 0 bridgehead atoms. The lowest BCUT2D eigenvalue weighted by Crippen LogP contribution is -2.42. The minimum atomic E-state index is -3.11. The van der Waals surface area contributed by atoms with Gasteiger partial charge in [-0.2, -0.15) is 40.5 Å².